The zero-order valence-corrected chi connectivity index (χ0v) is 17.0. The van der Waals surface area contributed by atoms with Gasteiger partial charge < -0.3 is 4.98 Å². The quantitative estimate of drug-likeness (QED) is 0.192. The smallest absolute Gasteiger partial charge is 0.311 e. The van der Waals surface area contributed by atoms with Gasteiger partial charge in [-0.25, -0.2) is 0 Å². The Morgan fingerprint density at radius 1 is 0.667 bits per heavy atom. The third-order valence-corrected chi connectivity index (χ3v) is 5.45. The topological polar surface area (TPSA) is 123 Å². The van der Waals surface area contributed by atoms with Crippen LogP contribution in [0.2, 0.25) is 0 Å². The third-order valence-electron chi connectivity index (χ3n) is 5.45. The number of fused-ring (bicyclic) bond motifs is 3. The molecule has 3 aromatic carbocycles. The van der Waals surface area contributed by atoms with Crippen LogP contribution in [0.15, 0.2) is 89.7 Å². The lowest BCUT2D eigenvalue weighted by molar-refractivity contribution is -0.470. The maximum Gasteiger partial charge on any atom is 0.352 e. The highest BCUT2D eigenvalue weighted by Gasteiger charge is 2.30. The summed E-state index contributed by atoms with van der Waals surface area (Å²) >= 11 is 0. The molecule has 160 valence electrons. The SMILES string of the molecule is O=c1[nH]c2cc([N+](=O)[O-])c([N+](=O)[O-])cc2[n+]2c(-c3ccccc3)cc(-c3ccccc3)cc12. The molecule has 0 unspecified atom stereocenters. The molecular formula is C24H15N4O5+. The van der Waals surface area contributed by atoms with Crippen LogP contribution in [-0.4, -0.2) is 14.8 Å². The molecule has 0 amide bonds. The van der Waals surface area contributed by atoms with Crippen molar-refractivity contribution in [3.8, 4) is 22.4 Å². The van der Waals surface area contributed by atoms with Crippen molar-refractivity contribution in [2.75, 3.05) is 0 Å². The van der Waals surface area contributed by atoms with E-state index >= 15 is 0 Å². The number of benzene rings is 3. The highest BCUT2D eigenvalue weighted by Crippen LogP contribution is 2.31. The van der Waals surface area contributed by atoms with Gasteiger partial charge in [-0.05, 0) is 23.3 Å². The van der Waals surface area contributed by atoms with Crippen molar-refractivity contribution in [2.24, 2.45) is 0 Å². The van der Waals surface area contributed by atoms with E-state index in [9.17, 15) is 25.0 Å². The highest BCUT2D eigenvalue weighted by molar-refractivity contribution is 5.82. The van der Waals surface area contributed by atoms with Gasteiger partial charge >= 0.3 is 16.9 Å². The molecule has 0 bridgehead atoms. The summed E-state index contributed by atoms with van der Waals surface area (Å²) in [5.74, 6) is 0. The number of nitro benzene ring substituents is 2. The van der Waals surface area contributed by atoms with Gasteiger partial charge in [0.25, 0.3) is 5.52 Å². The minimum absolute atomic E-state index is 0.124. The monoisotopic (exact) mass is 439 g/mol. The van der Waals surface area contributed by atoms with Gasteiger partial charge in [0.15, 0.2) is 0 Å². The largest absolute Gasteiger partial charge is 0.352 e. The van der Waals surface area contributed by atoms with E-state index in [0.29, 0.717) is 5.69 Å². The van der Waals surface area contributed by atoms with Gasteiger partial charge in [-0.15, -0.1) is 4.40 Å². The van der Waals surface area contributed by atoms with E-state index in [1.54, 1.807) is 10.5 Å². The zero-order chi connectivity index (χ0) is 23.1. The first-order valence-corrected chi connectivity index (χ1v) is 9.93. The molecule has 9 heteroatoms. The Labute approximate surface area is 185 Å². The number of H-pyrrole nitrogens is 1. The van der Waals surface area contributed by atoms with Crippen molar-refractivity contribution in [3.63, 3.8) is 0 Å². The maximum atomic E-state index is 13.1. The molecule has 1 N–H and O–H groups in total. The Morgan fingerprint density at radius 3 is 1.85 bits per heavy atom. The van der Waals surface area contributed by atoms with Crippen molar-refractivity contribution in [3.05, 3.63) is 116 Å². The zero-order valence-electron chi connectivity index (χ0n) is 17.0. The van der Waals surface area contributed by atoms with Crippen molar-refractivity contribution >= 4 is 27.9 Å². The van der Waals surface area contributed by atoms with E-state index in [1.807, 2.05) is 66.7 Å². The molecule has 0 aliphatic carbocycles. The summed E-state index contributed by atoms with van der Waals surface area (Å²) in [6.07, 6.45) is 0. The average molecular weight is 439 g/mol. The Kier molecular flexibility index (Phi) is 4.64. The summed E-state index contributed by atoms with van der Waals surface area (Å²) in [4.78, 5) is 37.1. The molecule has 0 radical (unpaired) electrons. The van der Waals surface area contributed by atoms with Crippen LogP contribution in [0.5, 0.6) is 0 Å². The van der Waals surface area contributed by atoms with Gasteiger partial charge in [-0.1, -0.05) is 48.5 Å². The summed E-state index contributed by atoms with van der Waals surface area (Å²) < 4.78 is 1.60. The molecule has 0 fully saturated rings. The summed E-state index contributed by atoms with van der Waals surface area (Å²) in [6.45, 7) is 0. The average Bonchev–Trinajstić information content (AvgIpc) is 2.83. The minimum atomic E-state index is -0.832. The predicted molar refractivity (Wildman–Crippen MR) is 122 cm³/mol. The number of hydrogen-bond donors (Lipinski definition) is 1. The van der Waals surface area contributed by atoms with E-state index in [4.69, 9.17) is 0 Å². The molecule has 5 aromatic rings. The van der Waals surface area contributed by atoms with Gasteiger partial charge in [-0.3, -0.25) is 25.0 Å². The molecular weight excluding hydrogens is 424 g/mol. The molecule has 9 nitrogen and oxygen atoms in total. The first-order valence-electron chi connectivity index (χ1n) is 9.93. The molecule has 0 atom stereocenters. The number of nitrogens with one attached hydrogen (secondary N) is 1. The van der Waals surface area contributed by atoms with Gasteiger partial charge in [0, 0.05) is 17.7 Å². The van der Waals surface area contributed by atoms with Gasteiger partial charge in [0.05, 0.1) is 22.0 Å². The Balaban J connectivity index is 1.98. The van der Waals surface area contributed by atoms with Gasteiger partial charge in [0.2, 0.25) is 11.2 Å². The third kappa shape index (κ3) is 3.37. The molecule has 0 saturated carbocycles. The van der Waals surface area contributed by atoms with Crippen LogP contribution in [-0.2, 0) is 0 Å². The molecule has 0 aliphatic rings. The number of nitrogens with zero attached hydrogens (tertiary/aromatic N) is 3. The normalized spacial score (nSPS) is 11.0. The number of pyridine rings is 1. The Morgan fingerprint density at radius 2 is 1.24 bits per heavy atom. The van der Waals surface area contributed by atoms with Crippen LogP contribution < -0.4 is 9.96 Å². The van der Waals surface area contributed by atoms with Crippen LogP contribution in [0.3, 0.4) is 0 Å². The highest BCUT2D eigenvalue weighted by atomic mass is 16.6. The molecule has 0 spiro atoms. The Bertz CT molecular complexity index is 1630. The molecule has 0 saturated heterocycles. The standard InChI is InChI=1S/C24H14N4O5/c29-24-23-12-17(15-7-3-1-4-8-15)11-19(16-9-5-2-6-10-16)26(23)20-14-22(28(32)33)21(27(30)31)13-18(20)25-24/h1-14H/p+1. The first-order chi connectivity index (χ1) is 15.9. The number of nitro groups is 2. The van der Waals surface area contributed by atoms with Crippen LogP contribution in [0.4, 0.5) is 11.4 Å². The first kappa shape index (κ1) is 20.0. The van der Waals surface area contributed by atoms with E-state index in [-0.39, 0.29) is 16.6 Å². The van der Waals surface area contributed by atoms with Crippen LogP contribution in [0.25, 0.3) is 38.9 Å². The van der Waals surface area contributed by atoms with E-state index < -0.39 is 26.8 Å². The fourth-order valence-electron chi connectivity index (χ4n) is 3.97. The molecule has 0 aliphatic heterocycles. The predicted octanol–water partition coefficient (Wildman–Crippen LogP) is 4.42. The fourth-order valence-corrected chi connectivity index (χ4v) is 3.97. The van der Waals surface area contributed by atoms with Gasteiger partial charge in [0.1, 0.15) is 5.52 Å². The summed E-state index contributed by atoms with van der Waals surface area (Å²) in [5.41, 5.74) is 1.92. The second-order valence-electron chi connectivity index (χ2n) is 7.41. The summed E-state index contributed by atoms with van der Waals surface area (Å²) in [6, 6.07) is 24.5. The number of rotatable bonds is 4. The second kappa shape index (κ2) is 7.65. The molecule has 33 heavy (non-hydrogen) atoms. The summed E-state index contributed by atoms with van der Waals surface area (Å²) in [7, 11) is 0. The van der Waals surface area contributed by atoms with Crippen molar-refractivity contribution in [2.45, 2.75) is 0 Å². The van der Waals surface area contributed by atoms with E-state index in [0.717, 1.165) is 28.8 Å². The number of aromatic amines is 1. The second-order valence-corrected chi connectivity index (χ2v) is 7.41. The lowest BCUT2D eigenvalue weighted by atomic mass is 10.0. The fraction of sp³-hybridized carbons (Fsp3) is 0. The van der Waals surface area contributed by atoms with Crippen molar-refractivity contribution < 1.29 is 14.2 Å². The molecule has 2 heterocycles. The van der Waals surface area contributed by atoms with Crippen LogP contribution >= 0.6 is 0 Å². The summed E-state index contributed by atoms with van der Waals surface area (Å²) in [5, 5.41) is 23.0. The lowest BCUT2D eigenvalue weighted by Crippen LogP contribution is -2.33. The van der Waals surface area contributed by atoms with Crippen LogP contribution in [0.1, 0.15) is 0 Å². The van der Waals surface area contributed by atoms with Crippen molar-refractivity contribution in [1.29, 1.82) is 0 Å². The number of hydrogen-bond acceptors (Lipinski definition) is 5. The van der Waals surface area contributed by atoms with E-state index in [1.165, 1.54) is 0 Å². The van der Waals surface area contributed by atoms with Crippen molar-refractivity contribution in [1.82, 2.24) is 4.98 Å². The lowest BCUT2D eigenvalue weighted by Gasteiger charge is -2.07. The molecule has 2 aromatic heterocycles. The maximum absolute atomic E-state index is 13.1. The van der Waals surface area contributed by atoms with Gasteiger partial charge in [-0.2, -0.15) is 0 Å². The Hall–Kier alpha value is -4.92. The van der Waals surface area contributed by atoms with Crippen LogP contribution in [0, 0.1) is 20.2 Å². The molecule has 5 rings (SSSR count). The minimum Gasteiger partial charge on any atom is -0.311 e. The number of aromatic nitrogens is 2. The van der Waals surface area contributed by atoms with E-state index in [2.05, 4.69) is 4.98 Å².